The lowest BCUT2D eigenvalue weighted by Gasteiger charge is -2.19. The van der Waals surface area contributed by atoms with Crippen molar-refractivity contribution in [3.8, 4) is 0 Å². The van der Waals surface area contributed by atoms with Crippen LogP contribution >= 0.6 is 0 Å². The van der Waals surface area contributed by atoms with E-state index < -0.39 is 9.84 Å². The summed E-state index contributed by atoms with van der Waals surface area (Å²) in [5, 5.41) is 4.53. The average molecular weight is 399 g/mol. The summed E-state index contributed by atoms with van der Waals surface area (Å²) in [5.41, 5.74) is 3.81. The quantitative estimate of drug-likeness (QED) is 0.734. The fourth-order valence-electron chi connectivity index (χ4n) is 3.02. The fraction of sp³-hybridized carbons (Fsp3) is 0.318. The normalized spacial score (nSPS) is 14.2. The van der Waals surface area contributed by atoms with Crippen LogP contribution in [0.2, 0.25) is 0 Å². The maximum atomic E-state index is 12.9. The van der Waals surface area contributed by atoms with Crippen LogP contribution in [0.5, 0.6) is 0 Å². The third-order valence-corrected chi connectivity index (χ3v) is 5.40. The second-order valence-electron chi connectivity index (χ2n) is 7.31. The predicted molar refractivity (Wildman–Crippen MR) is 113 cm³/mol. The van der Waals surface area contributed by atoms with Crippen molar-refractivity contribution in [1.29, 1.82) is 0 Å². The van der Waals surface area contributed by atoms with E-state index >= 15 is 0 Å². The topological polar surface area (TPSA) is 66.5 Å². The van der Waals surface area contributed by atoms with Gasteiger partial charge >= 0.3 is 0 Å². The van der Waals surface area contributed by atoms with Gasteiger partial charge in [-0.1, -0.05) is 42.5 Å². The van der Waals surface area contributed by atoms with Gasteiger partial charge in [-0.3, -0.25) is 4.79 Å². The highest BCUT2D eigenvalue weighted by Crippen LogP contribution is 2.41. The van der Waals surface area contributed by atoms with Crippen molar-refractivity contribution in [2.45, 2.75) is 25.3 Å². The third kappa shape index (κ3) is 5.70. The van der Waals surface area contributed by atoms with E-state index in [2.05, 4.69) is 11.4 Å². The van der Waals surface area contributed by atoms with Crippen molar-refractivity contribution in [2.75, 3.05) is 25.2 Å². The summed E-state index contributed by atoms with van der Waals surface area (Å²) in [6.07, 6.45) is 5.01. The third-order valence-electron chi connectivity index (χ3n) is 4.72. The zero-order valence-corrected chi connectivity index (χ0v) is 17.1. The fourth-order valence-corrected chi connectivity index (χ4v) is 3.46. The van der Waals surface area contributed by atoms with E-state index in [0.29, 0.717) is 18.0 Å². The number of hydrogen-bond acceptors (Lipinski definition) is 4. The molecule has 0 saturated heterocycles. The Morgan fingerprint density at radius 1 is 1.18 bits per heavy atom. The van der Waals surface area contributed by atoms with Gasteiger partial charge in [-0.2, -0.15) is 0 Å². The van der Waals surface area contributed by atoms with Crippen molar-refractivity contribution in [2.24, 2.45) is 0 Å². The zero-order valence-electron chi connectivity index (χ0n) is 16.3. The highest BCUT2D eigenvalue weighted by molar-refractivity contribution is 7.93. The predicted octanol–water partition coefficient (Wildman–Crippen LogP) is 3.81. The number of rotatable bonds is 8. The number of benzene rings is 2. The van der Waals surface area contributed by atoms with Crippen LogP contribution in [0.3, 0.4) is 0 Å². The molecule has 1 saturated carbocycles. The number of hydrogen-bond donors (Lipinski definition) is 1. The van der Waals surface area contributed by atoms with Gasteiger partial charge in [0.15, 0.2) is 9.84 Å². The zero-order chi connectivity index (χ0) is 20.1. The van der Waals surface area contributed by atoms with E-state index in [4.69, 9.17) is 0 Å². The van der Waals surface area contributed by atoms with Gasteiger partial charge in [-0.05, 0) is 42.0 Å². The van der Waals surface area contributed by atoms with E-state index in [-0.39, 0.29) is 12.5 Å². The van der Waals surface area contributed by atoms with Crippen molar-refractivity contribution in [3.63, 3.8) is 0 Å². The molecule has 148 valence electrons. The van der Waals surface area contributed by atoms with Crippen molar-refractivity contribution < 1.29 is 13.2 Å². The van der Waals surface area contributed by atoms with E-state index in [1.165, 1.54) is 29.4 Å². The number of carbonyl (C=O) groups is 1. The van der Waals surface area contributed by atoms with Crippen molar-refractivity contribution in [1.82, 2.24) is 4.90 Å². The summed E-state index contributed by atoms with van der Waals surface area (Å²) in [7, 11) is -1.53. The van der Waals surface area contributed by atoms with E-state index in [1.54, 1.807) is 7.05 Å². The largest absolute Gasteiger partial charge is 0.380 e. The minimum atomic E-state index is -3.20. The molecule has 6 heteroatoms. The first-order valence-corrected chi connectivity index (χ1v) is 11.3. The first-order valence-electron chi connectivity index (χ1n) is 9.37. The van der Waals surface area contributed by atoms with E-state index in [9.17, 15) is 13.2 Å². The Bertz CT molecular complexity index is 965. The van der Waals surface area contributed by atoms with E-state index in [1.807, 2.05) is 42.5 Å². The summed E-state index contributed by atoms with van der Waals surface area (Å²) in [4.78, 5) is 14.4. The number of nitrogens with one attached hydrogen (secondary N) is 1. The Kier molecular flexibility index (Phi) is 6.19. The van der Waals surface area contributed by atoms with Gasteiger partial charge in [-0.25, -0.2) is 8.42 Å². The standard InChI is InChI=1S/C22H26N2O3S/c1-24(13-6-14-28(2,26)27)22(25)20-12-11-19(18-9-10-18)15-21(20)23-16-17-7-4-3-5-8-17/h3-8,11-12,14-15,18,23H,9-10,13,16H2,1-2H3/b14-6+. The van der Waals surface area contributed by atoms with Gasteiger partial charge in [0.2, 0.25) is 0 Å². The summed E-state index contributed by atoms with van der Waals surface area (Å²) >= 11 is 0. The monoisotopic (exact) mass is 398 g/mol. The van der Waals surface area contributed by atoms with Crippen LogP contribution in [0, 0.1) is 0 Å². The highest BCUT2D eigenvalue weighted by Gasteiger charge is 2.25. The molecule has 0 spiro atoms. The molecule has 1 aliphatic carbocycles. The summed E-state index contributed by atoms with van der Waals surface area (Å²) in [6.45, 7) is 0.862. The number of sulfone groups is 1. The lowest BCUT2D eigenvalue weighted by atomic mass is 10.0. The summed E-state index contributed by atoms with van der Waals surface area (Å²) in [5.74, 6) is 0.452. The maximum Gasteiger partial charge on any atom is 0.255 e. The number of amides is 1. The molecular formula is C22H26N2O3S. The average Bonchev–Trinajstić information content (AvgIpc) is 3.50. The molecule has 2 aromatic rings. The Hall–Kier alpha value is -2.60. The van der Waals surface area contributed by atoms with Crippen LogP contribution < -0.4 is 5.32 Å². The second-order valence-corrected chi connectivity index (χ2v) is 9.24. The number of carbonyl (C=O) groups excluding carboxylic acids is 1. The molecule has 5 nitrogen and oxygen atoms in total. The smallest absolute Gasteiger partial charge is 0.255 e. The molecule has 3 rings (SSSR count). The van der Waals surface area contributed by atoms with Gasteiger partial charge < -0.3 is 10.2 Å². The van der Waals surface area contributed by atoms with Crippen LogP contribution in [-0.4, -0.2) is 39.1 Å². The van der Waals surface area contributed by atoms with Crippen molar-refractivity contribution in [3.05, 3.63) is 76.7 Å². The summed E-state index contributed by atoms with van der Waals surface area (Å²) < 4.78 is 22.5. The van der Waals surface area contributed by atoms with Gasteiger partial charge in [0, 0.05) is 37.5 Å². The minimum absolute atomic E-state index is 0.143. The van der Waals surface area contributed by atoms with Crippen LogP contribution in [-0.2, 0) is 16.4 Å². The minimum Gasteiger partial charge on any atom is -0.380 e. The molecule has 1 fully saturated rings. The lowest BCUT2D eigenvalue weighted by Crippen LogP contribution is -2.27. The van der Waals surface area contributed by atoms with Crippen LogP contribution in [0.1, 0.15) is 40.2 Å². The first kappa shape index (κ1) is 20.1. The van der Waals surface area contributed by atoms with Gasteiger partial charge in [-0.15, -0.1) is 0 Å². The SMILES string of the molecule is CN(C/C=C/S(C)(=O)=O)C(=O)c1ccc(C2CC2)cc1NCc1ccccc1. The molecular weight excluding hydrogens is 372 g/mol. The molecule has 1 aliphatic rings. The van der Waals surface area contributed by atoms with Crippen molar-refractivity contribution >= 4 is 21.4 Å². The van der Waals surface area contributed by atoms with Crippen LogP contribution in [0.4, 0.5) is 5.69 Å². The molecule has 0 atom stereocenters. The van der Waals surface area contributed by atoms with Gasteiger partial charge in [0.1, 0.15) is 0 Å². The number of likely N-dealkylation sites (N-methyl/N-ethyl adjacent to an activating group) is 1. The Morgan fingerprint density at radius 2 is 1.89 bits per heavy atom. The molecule has 2 aromatic carbocycles. The van der Waals surface area contributed by atoms with Gasteiger partial charge in [0.05, 0.1) is 5.56 Å². The van der Waals surface area contributed by atoms with Gasteiger partial charge in [0.25, 0.3) is 5.91 Å². The molecule has 0 aliphatic heterocycles. The molecule has 0 aromatic heterocycles. The molecule has 1 amide bonds. The Balaban J connectivity index is 1.78. The second kappa shape index (κ2) is 8.61. The molecule has 28 heavy (non-hydrogen) atoms. The van der Waals surface area contributed by atoms with Crippen LogP contribution in [0.25, 0.3) is 0 Å². The first-order chi connectivity index (χ1) is 13.3. The highest BCUT2D eigenvalue weighted by atomic mass is 32.2. The molecule has 0 heterocycles. The summed E-state index contributed by atoms with van der Waals surface area (Å²) in [6, 6.07) is 16.0. The molecule has 0 unspecified atom stereocenters. The molecule has 1 N–H and O–H groups in total. The maximum absolute atomic E-state index is 12.9. The Labute approximate surface area is 167 Å². The number of nitrogens with zero attached hydrogens (tertiary/aromatic N) is 1. The molecule has 0 bridgehead atoms. The Morgan fingerprint density at radius 3 is 2.54 bits per heavy atom. The number of anilines is 1. The van der Waals surface area contributed by atoms with Crippen LogP contribution in [0.15, 0.2) is 60.0 Å². The lowest BCUT2D eigenvalue weighted by molar-refractivity contribution is 0.0811. The van der Waals surface area contributed by atoms with E-state index in [0.717, 1.165) is 22.9 Å². The molecule has 0 radical (unpaired) electrons.